The summed E-state index contributed by atoms with van der Waals surface area (Å²) in [5.74, 6) is 0.721. The lowest BCUT2D eigenvalue weighted by molar-refractivity contribution is 0.0711. The van der Waals surface area contributed by atoms with Crippen molar-refractivity contribution >= 4 is 41.3 Å². The molecular weight excluding hydrogens is 461 g/mol. The van der Waals surface area contributed by atoms with Gasteiger partial charge in [-0.2, -0.15) is 5.10 Å². The molecule has 2 aromatic rings. The van der Waals surface area contributed by atoms with E-state index in [4.69, 9.17) is 0 Å². The number of aromatic nitrogens is 2. The summed E-state index contributed by atoms with van der Waals surface area (Å²) < 4.78 is 1.92. The molecule has 0 saturated carbocycles. The minimum atomic E-state index is -0.951. The molecule has 2 aromatic heterocycles. The van der Waals surface area contributed by atoms with Gasteiger partial charge in [0, 0.05) is 30.7 Å². The van der Waals surface area contributed by atoms with Gasteiger partial charge in [0.05, 0.1) is 12.2 Å². The third-order valence-electron chi connectivity index (χ3n) is 4.27. The zero-order chi connectivity index (χ0) is 18.4. The summed E-state index contributed by atoms with van der Waals surface area (Å²) in [5.41, 5.74) is 2.59. The quantitative estimate of drug-likeness (QED) is 0.317. The van der Waals surface area contributed by atoms with E-state index in [0.29, 0.717) is 6.54 Å². The molecule has 0 spiro atoms. The van der Waals surface area contributed by atoms with Gasteiger partial charge in [-0.1, -0.05) is 6.07 Å². The fraction of sp³-hybridized carbons (Fsp3) is 0.556. The third kappa shape index (κ3) is 5.95. The van der Waals surface area contributed by atoms with Crippen molar-refractivity contribution in [2.45, 2.75) is 39.7 Å². The van der Waals surface area contributed by atoms with E-state index in [1.54, 1.807) is 18.3 Å². The van der Waals surface area contributed by atoms with E-state index in [1.807, 2.05) is 43.1 Å². The number of nitrogens with one attached hydrogen (secondary N) is 2. The number of nitrogens with zero attached hydrogens (tertiary/aromatic N) is 3. The highest BCUT2D eigenvalue weighted by Crippen LogP contribution is 2.25. The zero-order valence-electron chi connectivity index (χ0n) is 16.2. The van der Waals surface area contributed by atoms with Crippen molar-refractivity contribution < 1.29 is 5.11 Å². The first-order valence-corrected chi connectivity index (χ1v) is 9.50. The van der Waals surface area contributed by atoms with Crippen LogP contribution >= 0.6 is 35.3 Å². The first kappa shape index (κ1) is 22.9. The highest BCUT2D eigenvalue weighted by molar-refractivity contribution is 14.0. The summed E-state index contributed by atoms with van der Waals surface area (Å²) in [7, 11) is 1.97. The monoisotopic (exact) mass is 491 g/mol. The van der Waals surface area contributed by atoms with Gasteiger partial charge in [-0.15, -0.1) is 35.3 Å². The first-order chi connectivity index (χ1) is 11.8. The lowest BCUT2D eigenvalue weighted by Crippen LogP contribution is -2.39. The van der Waals surface area contributed by atoms with Crippen LogP contribution < -0.4 is 10.6 Å². The van der Waals surface area contributed by atoms with Crippen LogP contribution in [0.4, 0.5) is 0 Å². The Morgan fingerprint density at radius 3 is 2.65 bits per heavy atom. The van der Waals surface area contributed by atoms with Gasteiger partial charge in [-0.25, -0.2) is 4.99 Å². The fourth-order valence-corrected chi connectivity index (χ4v) is 3.50. The van der Waals surface area contributed by atoms with Gasteiger partial charge < -0.3 is 15.7 Å². The largest absolute Gasteiger partial charge is 0.383 e. The summed E-state index contributed by atoms with van der Waals surface area (Å²) in [5, 5.41) is 23.6. The van der Waals surface area contributed by atoms with E-state index >= 15 is 0 Å². The van der Waals surface area contributed by atoms with Crippen molar-refractivity contribution in [1.29, 1.82) is 0 Å². The van der Waals surface area contributed by atoms with E-state index in [0.717, 1.165) is 36.0 Å². The van der Waals surface area contributed by atoms with Crippen LogP contribution in [0.15, 0.2) is 22.5 Å². The number of thiophene rings is 1. The van der Waals surface area contributed by atoms with E-state index in [9.17, 15) is 5.11 Å². The van der Waals surface area contributed by atoms with Crippen molar-refractivity contribution in [2.75, 3.05) is 19.6 Å². The number of aliphatic hydroxyl groups is 1. The molecule has 0 radical (unpaired) electrons. The second-order valence-corrected chi connectivity index (χ2v) is 7.34. The standard InChI is InChI=1S/C18H29N5OS.HI/c1-6-19-17(21-12-18(4,24)16-8-7-11-25-16)20-10-9-15-13(2)22-23(5)14(15)3;/h7-8,11,24H,6,9-10,12H2,1-5H3,(H2,19,20,21);1H. The lowest BCUT2D eigenvalue weighted by atomic mass is 10.1. The molecule has 26 heavy (non-hydrogen) atoms. The molecule has 1 atom stereocenters. The smallest absolute Gasteiger partial charge is 0.191 e. The van der Waals surface area contributed by atoms with Crippen LogP contribution in [0.2, 0.25) is 0 Å². The van der Waals surface area contributed by atoms with Gasteiger partial charge in [0.1, 0.15) is 5.60 Å². The van der Waals surface area contributed by atoms with Crippen LogP contribution in [0.25, 0.3) is 0 Å². The number of rotatable bonds is 7. The van der Waals surface area contributed by atoms with E-state index in [1.165, 1.54) is 11.3 Å². The molecular formula is C18H30IN5OS. The van der Waals surface area contributed by atoms with Gasteiger partial charge in [0.25, 0.3) is 0 Å². The fourth-order valence-electron chi connectivity index (χ4n) is 2.72. The molecule has 0 aliphatic carbocycles. The number of guanidine groups is 1. The van der Waals surface area contributed by atoms with Crippen LogP contribution in [0, 0.1) is 13.8 Å². The molecule has 0 saturated heterocycles. The molecule has 2 rings (SSSR count). The van der Waals surface area contributed by atoms with Crippen LogP contribution in [0.3, 0.4) is 0 Å². The normalized spacial score (nSPS) is 13.8. The summed E-state index contributed by atoms with van der Waals surface area (Å²) in [6.45, 7) is 9.82. The Morgan fingerprint density at radius 1 is 1.38 bits per heavy atom. The Hall–Kier alpha value is -1.13. The minimum absolute atomic E-state index is 0. The minimum Gasteiger partial charge on any atom is -0.383 e. The van der Waals surface area contributed by atoms with Gasteiger partial charge >= 0.3 is 0 Å². The van der Waals surface area contributed by atoms with Crippen LogP contribution in [0.1, 0.15) is 35.7 Å². The van der Waals surface area contributed by atoms with Crippen molar-refractivity contribution in [2.24, 2.45) is 12.0 Å². The summed E-state index contributed by atoms with van der Waals surface area (Å²) in [4.78, 5) is 5.48. The Bertz CT molecular complexity index is 709. The average molecular weight is 491 g/mol. The van der Waals surface area contributed by atoms with Crippen LogP contribution in [-0.4, -0.2) is 40.5 Å². The van der Waals surface area contributed by atoms with E-state index in [-0.39, 0.29) is 24.0 Å². The summed E-state index contributed by atoms with van der Waals surface area (Å²) in [6.07, 6.45) is 0.886. The predicted molar refractivity (Wildman–Crippen MR) is 120 cm³/mol. The number of aliphatic imine (C=N–C) groups is 1. The summed E-state index contributed by atoms with van der Waals surface area (Å²) >= 11 is 1.55. The Labute approximate surface area is 177 Å². The maximum Gasteiger partial charge on any atom is 0.191 e. The number of halogens is 1. The lowest BCUT2D eigenvalue weighted by Gasteiger charge is -2.20. The number of hydrogen-bond acceptors (Lipinski definition) is 4. The van der Waals surface area contributed by atoms with Gasteiger partial charge in [0.15, 0.2) is 5.96 Å². The number of hydrogen-bond donors (Lipinski definition) is 3. The van der Waals surface area contributed by atoms with Crippen molar-refractivity contribution in [3.63, 3.8) is 0 Å². The molecule has 0 aliphatic rings. The highest BCUT2D eigenvalue weighted by Gasteiger charge is 2.24. The Balaban J connectivity index is 0.00000338. The SMILES string of the molecule is CCNC(=NCC(C)(O)c1cccs1)NCCc1c(C)nn(C)c1C.I. The molecule has 0 fully saturated rings. The van der Waals surface area contributed by atoms with Crippen molar-refractivity contribution in [3.8, 4) is 0 Å². The Morgan fingerprint density at radius 2 is 2.12 bits per heavy atom. The number of aryl methyl sites for hydroxylation is 2. The van der Waals surface area contributed by atoms with Gasteiger partial charge in [-0.3, -0.25) is 4.68 Å². The molecule has 6 nitrogen and oxygen atoms in total. The van der Waals surface area contributed by atoms with E-state index < -0.39 is 5.60 Å². The maximum absolute atomic E-state index is 10.6. The zero-order valence-corrected chi connectivity index (χ0v) is 19.3. The van der Waals surface area contributed by atoms with Gasteiger partial charge in [-0.05, 0) is 51.1 Å². The van der Waals surface area contributed by atoms with Crippen LogP contribution in [0.5, 0.6) is 0 Å². The topological polar surface area (TPSA) is 74.5 Å². The van der Waals surface area contributed by atoms with Gasteiger partial charge in [0.2, 0.25) is 0 Å². The molecule has 0 bridgehead atoms. The molecule has 2 heterocycles. The van der Waals surface area contributed by atoms with E-state index in [2.05, 4.69) is 27.6 Å². The van der Waals surface area contributed by atoms with Crippen LogP contribution in [-0.2, 0) is 19.1 Å². The van der Waals surface area contributed by atoms with Crippen molar-refractivity contribution in [3.05, 3.63) is 39.3 Å². The second kappa shape index (κ2) is 10.3. The molecule has 0 amide bonds. The highest BCUT2D eigenvalue weighted by atomic mass is 127. The molecule has 1 unspecified atom stereocenters. The molecule has 0 aromatic carbocycles. The first-order valence-electron chi connectivity index (χ1n) is 8.62. The average Bonchev–Trinajstić information content (AvgIpc) is 3.17. The molecule has 3 N–H and O–H groups in total. The molecule has 146 valence electrons. The van der Waals surface area contributed by atoms with Crippen molar-refractivity contribution in [1.82, 2.24) is 20.4 Å². The maximum atomic E-state index is 10.6. The molecule has 8 heteroatoms. The predicted octanol–water partition coefficient (Wildman–Crippen LogP) is 2.72. The Kier molecular flexibility index (Phi) is 9.05. The summed E-state index contributed by atoms with van der Waals surface area (Å²) in [6, 6.07) is 3.88. The third-order valence-corrected chi connectivity index (χ3v) is 5.39. The second-order valence-electron chi connectivity index (χ2n) is 6.40. The molecule has 0 aliphatic heterocycles.